The summed E-state index contributed by atoms with van der Waals surface area (Å²) in [6.07, 6.45) is 2.52. The first-order valence-corrected chi connectivity index (χ1v) is 12.8. The maximum absolute atomic E-state index is 14.9. The van der Waals surface area contributed by atoms with Gasteiger partial charge in [-0.3, -0.25) is 0 Å². The van der Waals surface area contributed by atoms with Crippen LogP contribution in [0, 0.1) is 0 Å². The van der Waals surface area contributed by atoms with E-state index in [0.29, 0.717) is 31.9 Å². The zero-order valence-electron chi connectivity index (χ0n) is 22.3. The Morgan fingerprint density at radius 2 is 1.74 bits per heavy atom. The number of aromatic nitrogens is 3. The third-order valence-corrected chi connectivity index (χ3v) is 6.87. The van der Waals surface area contributed by atoms with Gasteiger partial charge >= 0.3 is 13.0 Å². The Hall–Kier alpha value is -1.84. The summed E-state index contributed by atoms with van der Waals surface area (Å²) in [6.45, 7) is 15.0. The molecule has 1 aromatic heterocycles. The van der Waals surface area contributed by atoms with E-state index in [1.165, 1.54) is 4.68 Å². The second kappa shape index (κ2) is 11.1. The Kier molecular flexibility index (Phi) is 8.76. The van der Waals surface area contributed by atoms with E-state index in [-0.39, 0.29) is 18.8 Å². The van der Waals surface area contributed by atoms with Crippen molar-refractivity contribution in [2.45, 2.75) is 111 Å². The van der Waals surface area contributed by atoms with E-state index in [1.54, 1.807) is 6.92 Å². The van der Waals surface area contributed by atoms with E-state index < -0.39 is 24.2 Å². The number of rotatable bonds is 12. The number of alkyl halides is 2. The lowest BCUT2D eigenvalue weighted by Crippen LogP contribution is -2.41. The zero-order valence-corrected chi connectivity index (χ0v) is 22.3. The van der Waals surface area contributed by atoms with Gasteiger partial charge in [0.05, 0.1) is 24.4 Å². The summed E-state index contributed by atoms with van der Waals surface area (Å²) in [7, 11) is -0.527. The first kappa shape index (κ1) is 27.7. The number of ether oxygens (including phenoxy) is 1. The van der Waals surface area contributed by atoms with Gasteiger partial charge in [0.2, 0.25) is 0 Å². The normalized spacial score (nSPS) is 17.3. The van der Waals surface area contributed by atoms with E-state index >= 15 is 0 Å². The zero-order chi connectivity index (χ0) is 25.9. The molecule has 2 heterocycles. The van der Waals surface area contributed by atoms with Gasteiger partial charge in [-0.15, -0.1) is 0 Å². The molecule has 6 nitrogen and oxygen atoms in total. The Bertz CT molecular complexity index is 978. The molecule has 9 heteroatoms. The lowest BCUT2D eigenvalue weighted by atomic mass is 9.75. The van der Waals surface area contributed by atoms with Crippen molar-refractivity contribution in [1.29, 1.82) is 0 Å². The van der Waals surface area contributed by atoms with Crippen LogP contribution in [0.1, 0.15) is 96.9 Å². The maximum Gasteiger partial charge on any atom is 0.495 e. The molecule has 194 valence electrons. The monoisotopic (exact) mass is 491 g/mol. The Morgan fingerprint density at radius 3 is 2.34 bits per heavy atom. The number of hydrogen-bond acceptors (Lipinski definition) is 5. The first-order valence-electron chi connectivity index (χ1n) is 12.8. The van der Waals surface area contributed by atoms with Gasteiger partial charge in [0.1, 0.15) is 0 Å². The number of halogens is 2. The highest BCUT2D eigenvalue weighted by Gasteiger charge is 2.52. The van der Waals surface area contributed by atoms with Crippen molar-refractivity contribution < 1.29 is 22.8 Å². The second-order valence-electron chi connectivity index (χ2n) is 10.3. The number of benzene rings is 1. The molecule has 1 saturated heterocycles. The van der Waals surface area contributed by atoms with Crippen molar-refractivity contribution in [3.05, 3.63) is 41.0 Å². The molecule has 0 bridgehead atoms. The quantitative estimate of drug-likeness (QED) is 0.373. The summed E-state index contributed by atoms with van der Waals surface area (Å²) < 4.78 is 49.5. The molecule has 1 aliphatic heterocycles. The molecule has 1 aromatic carbocycles. The Labute approximate surface area is 208 Å². The van der Waals surface area contributed by atoms with Gasteiger partial charge in [-0.2, -0.15) is 13.9 Å². The SMILES string of the molecule is CCCCc1nc(C(F)(F)CCC)n(Cc2ccc(B3OC(C)(C)C(C)(C)O3)c(COCC)c2)n1. The van der Waals surface area contributed by atoms with Crippen LogP contribution < -0.4 is 5.46 Å². The average molecular weight is 491 g/mol. The molecule has 0 aliphatic carbocycles. The van der Waals surface area contributed by atoms with Gasteiger partial charge < -0.3 is 14.0 Å². The van der Waals surface area contributed by atoms with Crippen molar-refractivity contribution in [2.75, 3.05) is 6.61 Å². The highest BCUT2D eigenvalue weighted by molar-refractivity contribution is 6.62. The summed E-state index contributed by atoms with van der Waals surface area (Å²) in [5.74, 6) is -2.81. The van der Waals surface area contributed by atoms with Crippen LogP contribution in [0.25, 0.3) is 0 Å². The third kappa shape index (κ3) is 6.30. The number of unbranched alkanes of at least 4 members (excludes halogenated alkanes) is 1. The summed E-state index contributed by atoms with van der Waals surface area (Å²) in [4.78, 5) is 4.26. The summed E-state index contributed by atoms with van der Waals surface area (Å²) >= 11 is 0. The van der Waals surface area contributed by atoms with Gasteiger partial charge in [0, 0.05) is 19.4 Å². The smallest absolute Gasteiger partial charge is 0.399 e. The van der Waals surface area contributed by atoms with Crippen LogP contribution >= 0.6 is 0 Å². The molecular formula is C26H40BF2N3O3. The van der Waals surface area contributed by atoms with Crippen LogP contribution in [0.2, 0.25) is 0 Å². The lowest BCUT2D eigenvalue weighted by Gasteiger charge is -2.32. The van der Waals surface area contributed by atoms with Gasteiger partial charge in [-0.25, -0.2) is 9.67 Å². The number of aryl methyl sites for hydroxylation is 1. The predicted octanol–water partition coefficient (Wildman–Crippen LogP) is 5.40. The van der Waals surface area contributed by atoms with Gasteiger partial charge in [-0.05, 0) is 64.1 Å². The van der Waals surface area contributed by atoms with Crippen LogP contribution in [0.3, 0.4) is 0 Å². The highest BCUT2D eigenvalue weighted by Crippen LogP contribution is 2.37. The fourth-order valence-electron chi connectivity index (χ4n) is 4.10. The van der Waals surface area contributed by atoms with Crippen LogP contribution in [0.5, 0.6) is 0 Å². The summed E-state index contributed by atoms with van der Waals surface area (Å²) in [5.41, 5.74) is 1.72. The van der Waals surface area contributed by atoms with Crippen LogP contribution in [0.15, 0.2) is 18.2 Å². The van der Waals surface area contributed by atoms with E-state index in [2.05, 4.69) is 17.0 Å². The largest absolute Gasteiger partial charge is 0.495 e. The summed E-state index contributed by atoms with van der Waals surface area (Å²) in [5, 5.41) is 4.47. The molecule has 35 heavy (non-hydrogen) atoms. The fourth-order valence-corrected chi connectivity index (χ4v) is 4.10. The van der Waals surface area contributed by atoms with Crippen LogP contribution in [-0.2, 0) is 39.5 Å². The topological polar surface area (TPSA) is 58.4 Å². The maximum atomic E-state index is 14.9. The molecular weight excluding hydrogens is 451 g/mol. The molecule has 1 aliphatic rings. The van der Waals surface area contributed by atoms with E-state index in [9.17, 15) is 8.78 Å². The molecule has 0 spiro atoms. The van der Waals surface area contributed by atoms with Crippen molar-refractivity contribution in [2.24, 2.45) is 0 Å². The van der Waals surface area contributed by atoms with E-state index in [1.807, 2.05) is 52.8 Å². The Morgan fingerprint density at radius 1 is 1.06 bits per heavy atom. The molecule has 0 saturated carbocycles. The van der Waals surface area contributed by atoms with Crippen molar-refractivity contribution in [3.63, 3.8) is 0 Å². The van der Waals surface area contributed by atoms with E-state index in [4.69, 9.17) is 14.0 Å². The standard InChI is InChI=1S/C26H40BF2N3O3/c1-8-11-12-22-30-23(26(28,29)15-9-2)32(31-22)17-19-13-14-21(20(16-19)18-33-10-3)27-34-24(4,5)25(6,7)35-27/h13-14,16H,8-12,15,17-18H2,1-7H3. The van der Waals surface area contributed by atoms with Crippen molar-refractivity contribution in [1.82, 2.24) is 14.8 Å². The average Bonchev–Trinajstić information content (AvgIpc) is 3.28. The van der Waals surface area contributed by atoms with Gasteiger partial charge in [-0.1, -0.05) is 38.5 Å². The molecule has 0 N–H and O–H groups in total. The van der Waals surface area contributed by atoms with E-state index in [0.717, 1.165) is 29.4 Å². The molecule has 0 atom stereocenters. The number of hydrogen-bond donors (Lipinski definition) is 0. The number of nitrogens with zero attached hydrogens (tertiary/aromatic N) is 3. The third-order valence-electron chi connectivity index (χ3n) is 6.87. The van der Waals surface area contributed by atoms with Gasteiger partial charge in [0.15, 0.2) is 11.6 Å². The van der Waals surface area contributed by atoms with Gasteiger partial charge in [0.25, 0.3) is 0 Å². The predicted molar refractivity (Wildman–Crippen MR) is 134 cm³/mol. The second-order valence-corrected chi connectivity index (χ2v) is 10.3. The minimum absolute atomic E-state index is 0.205. The molecule has 3 rings (SSSR count). The Balaban J connectivity index is 1.94. The molecule has 0 amide bonds. The van der Waals surface area contributed by atoms with Crippen LogP contribution in [0.4, 0.5) is 8.78 Å². The van der Waals surface area contributed by atoms with Crippen LogP contribution in [-0.4, -0.2) is 39.7 Å². The summed E-state index contributed by atoms with van der Waals surface area (Å²) in [6, 6.07) is 5.85. The lowest BCUT2D eigenvalue weighted by molar-refractivity contribution is -0.0270. The van der Waals surface area contributed by atoms with Crippen molar-refractivity contribution >= 4 is 12.6 Å². The molecule has 2 aromatic rings. The minimum Gasteiger partial charge on any atom is -0.399 e. The highest BCUT2D eigenvalue weighted by atomic mass is 19.3. The minimum atomic E-state index is -3.02. The molecule has 0 unspecified atom stereocenters. The molecule has 1 fully saturated rings. The molecule has 0 radical (unpaired) electrons. The first-order chi connectivity index (χ1) is 16.4. The fraction of sp³-hybridized carbons (Fsp3) is 0.692. The van der Waals surface area contributed by atoms with Crippen molar-refractivity contribution in [3.8, 4) is 0 Å².